The van der Waals surface area contributed by atoms with Crippen LogP contribution in [0, 0.1) is 0 Å². The number of nitrogens with zero attached hydrogens (tertiary/aromatic N) is 3. The Morgan fingerprint density at radius 2 is 1.85 bits per heavy atom. The summed E-state index contributed by atoms with van der Waals surface area (Å²) >= 11 is 0. The molecule has 1 aromatic carbocycles. The Balaban J connectivity index is 0.00000338. The summed E-state index contributed by atoms with van der Waals surface area (Å²) in [5, 5.41) is 10.7. The minimum Gasteiger partial charge on any atom is -0.364 e. The predicted molar refractivity (Wildman–Crippen MR) is 117 cm³/mol. The molecule has 1 unspecified atom stereocenters. The second-order valence-corrected chi connectivity index (χ2v) is 5.71. The minimum absolute atomic E-state index is 0. The van der Waals surface area contributed by atoms with Gasteiger partial charge in [-0.25, -0.2) is 4.99 Å². The molecule has 0 aliphatic carbocycles. The minimum atomic E-state index is 0. The van der Waals surface area contributed by atoms with Gasteiger partial charge in [0.15, 0.2) is 5.96 Å². The van der Waals surface area contributed by atoms with Crippen LogP contribution in [-0.2, 0) is 6.54 Å². The van der Waals surface area contributed by atoms with Crippen LogP contribution >= 0.6 is 24.0 Å². The van der Waals surface area contributed by atoms with E-state index in [1.165, 1.54) is 5.56 Å². The SMILES string of the molecule is CCNC(=NCc1ccon1)NCC(c1ccccc1)N(CC)CC.I. The Bertz CT molecular complexity index is 614. The number of likely N-dealkylation sites (N-methyl/N-ethyl adjacent to an activating group) is 1. The standard InChI is InChI=1S/C19H29N5O.HI/c1-4-20-19(21-14-17-12-13-25-23-17)22-15-18(24(5-2)6-3)16-10-8-7-9-11-16;/h7-13,18H,4-6,14-15H2,1-3H3,(H2,20,21,22);1H. The molecule has 1 atom stereocenters. The van der Waals surface area contributed by atoms with Gasteiger partial charge in [0, 0.05) is 19.2 Å². The summed E-state index contributed by atoms with van der Waals surface area (Å²) in [7, 11) is 0. The van der Waals surface area contributed by atoms with Gasteiger partial charge in [-0.2, -0.15) is 0 Å². The van der Waals surface area contributed by atoms with Gasteiger partial charge in [0.1, 0.15) is 12.0 Å². The van der Waals surface area contributed by atoms with Crippen molar-refractivity contribution in [2.24, 2.45) is 4.99 Å². The van der Waals surface area contributed by atoms with Crippen molar-refractivity contribution in [1.29, 1.82) is 0 Å². The quantitative estimate of drug-likeness (QED) is 0.333. The maximum Gasteiger partial charge on any atom is 0.191 e. The number of aromatic nitrogens is 1. The molecule has 1 aromatic heterocycles. The topological polar surface area (TPSA) is 65.7 Å². The Kier molecular flexibility index (Phi) is 11.0. The number of rotatable bonds is 9. The van der Waals surface area contributed by atoms with Crippen LogP contribution < -0.4 is 10.6 Å². The maximum atomic E-state index is 4.86. The van der Waals surface area contributed by atoms with Crippen molar-refractivity contribution in [3.05, 3.63) is 53.9 Å². The van der Waals surface area contributed by atoms with Gasteiger partial charge < -0.3 is 15.2 Å². The summed E-state index contributed by atoms with van der Waals surface area (Å²) in [6.07, 6.45) is 1.57. The molecule has 2 aromatic rings. The smallest absolute Gasteiger partial charge is 0.191 e. The first-order valence-electron chi connectivity index (χ1n) is 8.98. The number of hydrogen-bond acceptors (Lipinski definition) is 4. The number of guanidine groups is 1. The third-order valence-electron chi connectivity index (χ3n) is 4.13. The molecular formula is C19H30IN5O. The molecule has 0 aliphatic rings. The van der Waals surface area contributed by atoms with Crippen LogP contribution in [0.5, 0.6) is 0 Å². The number of nitrogens with one attached hydrogen (secondary N) is 2. The summed E-state index contributed by atoms with van der Waals surface area (Å²) in [5.41, 5.74) is 2.13. The van der Waals surface area contributed by atoms with E-state index in [1.54, 1.807) is 6.26 Å². The van der Waals surface area contributed by atoms with Gasteiger partial charge in [0.25, 0.3) is 0 Å². The zero-order chi connectivity index (χ0) is 17.9. The zero-order valence-corrected chi connectivity index (χ0v) is 18.1. The van der Waals surface area contributed by atoms with E-state index in [2.05, 4.69) is 76.8 Å². The van der Waals surface area contributed by atoms with Crippen LogP contribution in [0.1, 0.15) is 38.1 Å². The first-order chi connectivity index (χ1) is 12.3. The van der Waals surface area contributed by atoms with E-state index in [9.17, 15) is 0 Å². The van der Waals surface area contributed by atoms with Crippen molar-refractivity contribution in [3.8, 4) is 0 Å². The first kappa shape index (κ1) is 22.4. The highest BCUT2D eigenvalue weighted by Crippen LogP contribution is 2.19. The number of hydrogen-bond donors (Lipinski definition) is 2. The molecule has 2 rings (SSSR count). The summed E-state index contributed by atoms with van der Waals surface area (Å²) < 4.78 is 4.86. The second kappa shape index (κ2) is 12.7. The highest BCUT2D eigenvalue weighted by Gasteiger charge is 2.18. The van der Waals surface area contributed by atoms with E-state index in [-0.39, 0.29) is 24.0 Å². The molecule has 2 N–H and O–H groups in total. The first-order valence-corrected chi connectivity index (χ1v) is 8.98. The van der Waals surface area contributed by atoms with Gasteiger partial charge in [0.2, 0.25) is 0 Å². The van der Waals surface area contributed by atoms with Gasteiger partial charge in [-0.1, -0.05) is 49.3 Å². The van der Waals surface area contributed by atoms with Crippen molar-refractivity contribution < 1.29 is 4.52 Å². The summed E-state index contributed by atoms with van der Waals surface area (Å²) in [4.78, 5) is 7.03. The van der Waals surface area contributed by atoms with Crippen LogP contribution in [0.4, 0.5) is 0 Å². The van der Waals surface area contributed by atoms with E-state index in [0.717, 1.165) is 37.8 Å². The van der Waals surface area contributed by atoms with E-state index in [4.69, 9.17) is 4.52 Å². The van der Waals surface area contributed by atoms with Gasteiger partial charge in [-0.05, 0) is 25.6 Å². The predicted octanol–water partition coefficient (Wildman–Crippen LogP) is 3.43. The zero-order valence-electron chi connectivity index (χ0n) is 15.8. The second-order valence-electron chi connectivity index (χ2n) is 5.71. The monoisotopic (exact) mass is 471 g/mol. The third kappa shape index (κ3) is 6.95. The Morgan fingerprint density at radius 3 is 2.42 bits per heavy atom. The Labute approximate surface area is 173 Å². The van der Waals surface area contributed by atoms with Crippen LogP contribution in [-0.4, -0.2) is 42.2 Å². The lowest BCUT2D eigenvalue weighted by Crippen LogP contribution is -2.43. The third-order valence-corrected chi connectivity index (χ3v) is 4.13. The largest absolute Gasteiger partial charge is 0.364 e. The van der Waals surface area contributed by atoms with Crippen molar-refractivity contribution in [3.63, 3.8) is 0 Å². The lowest BCUT2D eigenvalue weighted by Gasteiger charge is -2.30. The molecule has 0 radical (unpaired) electrons. The van der Waals surface area contributed by atoms with Crippen molar-refractivity contribution in [2.45, 2.75) is 33.4 Å². The van der Waals surface area contributed by atoms with Crippen LogP contribution in [0.25, 0.3) is 0 Å². The van der Waals surface area contributed by atoms with E-state index >= 15 is 0 Å². The van der Waals surface area contributed by atoms with Crippen LogP contribution in [0.3, 0.4) is 0 Å². The Morgan fingerprint density at radius 1 is 1.12 bits per heavy atom. The normalized spacial score (nSPS) is 12.5. The number of halogens is 1. The fourth-order valence-corrected chi connectivity index (χ4v) is 2.81. The van der Waals surface area contributed by atoms with Crippen LogP contribution in [0.2, 0.25) is 0 Å². The molecule has 0 aliphatic heterocycles. The van der Waals surface area contributed by atoms with Gasteiger partial charge in [-0.15, -0.1) is 24.0 Å². The molecule has 7 heteroatoms. The molecule has 0 bridgehead atoms. The average molecular weight is 471 g/mol. The fourth-order valence-electron chi connectivity index (χ4n) is 2.81. The molecule has 6 nitrogen and oxygen atoms in total. The fraction of sp³-hybridized carbons (Fsp3) is 0.474. The summed E-state index contributed by atoms with van der Waals surface area (Å²) in [6, 6.07) is 12.7. The maximum absolute atomic E-state index is 4.86. The van der Waals surface area contributed by atoms with Crippen molar-refractivity contribution >= 4 is 29.9 Å². The number of aliphatic imine (C=N–C) groups is 1. The Hall–Kier alpha value is -1.61. The molecule has 0 spiro atoms. The average Bonchev–Trinajstić information content (AvgIpc) is 3.17. The van der Waals surface area contributed by atoms with Gasteiger partial charge in [-0.3, -0.25) is 4.90 Å². The molecule has 1 heterocycles. The molecule has 144 valence electrons. The summed E-state index contributed by atoms with van der Waals surface area (Å²) in [5.74, 6) is 0.790. The highest BCUT2D eigenvalue weighted by atomic mass is 127. The molecule has 0 saturated heterocycles. The highest BCUT2D eigenvalue weighted by molar-refractivity contribution is 14.0. The van der Waals surface area contributed by atoms with Gasteiger partial charge >= 0.3 is 0 Å². The lowest BCUT2D eigenvalue weighted by atomic mass is 10.1. The van der Waals surface area contributed by atoms with Gasteiger partial charge in [0.05, 0.1) is 12.6 Å². The molecule has 0 saturated carbocycles. The molecule has 26 heavy (non-hydrogen) atoms. The summed E-state index contributed by atoms with van der Waals surface area (Å²) in [6.45, 7) is 10.6. The molecule has 0 amide bonds. The van der Waals surface area contributed by atoms with E-state index < -0.39 is 0 Å². The van der Waals surface area contributed by atoms with Crippen LogP contribution in [0.15, 0.2) is 52.2 Å². The number of benzene rings is 1. The molecule has 0 fully saturated rings. The lowest BCUT2D eigenvalue weighted by molar-refractivity contribution is 0.219. The van der Waals surface area contributed by atoms with E-state index in [0.29, 0.717) is 12.6 Å². The van der Waals surface area contributed by atoms with Crippen molar-refractivity contribution in [1.82, 2.24) is 20.7 Å². The van der Waals surface area contributed by atoms with Crippen molar-refractivity contribution in [2.75, 3.05) is 26.2 Å². The molecular weight excluding hydrogens is 441 g/mol. The van der Waals surface area contributed by atoms with E-state index in [1.807, 2.05) is 6.07 Å².